The smallest absolute Gasteiger partial charge is 0.0635 e. The van der Waals surface area contributed by atoms with Crippen molar-refractivity contribution in [3.63, 3.8) is 0 Å². The largest absolute Gasteiger partial charge is 0.313 e. The van der Waals surface area contributed by atoms with E-state index in [1.807, 2.05) is 6.07 Å². The molecule has 1 aromatic rings. The number of nitrogens with zero attached hydrogens (tertiary/aromatic N) is 1. The minimum atomic E-state index is 0.485. The Morgan fingerprint density at radius 2 is 2.07 bits per heavy atom. The van der Waals surface area contributed by atoms with Gasteiger partial charge in [0.1, 0.15) is 0 Å². The highest BCUT2D eigenvalue weighted by Crippen LogP contribution is 2.04. The van der Waals surface area contributed by atoms with Gasteiger partial charge in [0.15, 0.2) is 0 Å². The van der Waals surface area contributed by atoms with E-state index in [9.17, 15) is 0 Å². The van der Waals surface area contributed by atoms with Gasteiger partial charge in [0.25, 0.3) is 0 Å². The van der Waals surface area contributed by atoms with Crippen LogP contribution in [-0.4, -0.2) is 12.6 Å². The van der Waals surface area contributed by atoms with Gasteiger partial charge in [-0.3, -0.25) is 0 Å². The van der Waals surface area contributed by atoms with E-state index in [1.165, 1.54) is 5.56 Å². The lowest BCUT2D eigenvalue weighted by Gasteiger charge is -2.12. The van der Waals surface area contributed by atoms with E-state index in [0.29, 0.717) is 12.5 Å². The third kappa shape index (κ3) is 5.19. The van der Waals surface area contributed by atoms with E-state index in [4.69, 9.17) is 5.26 Å². The molecule has 0 heterocycles. The van der Waals surface area contributed by atoms with Crippen molar-refractivity contribution in [1.82, 2.24) is 5.32 Å². The Kier molecular flexibility index (Phi) is 5.50. The Balaban J connectivity index is 2.17. The summed E-state index contributed by atoms with van der Waals surface area (Å²) < 4.78 is 0. The van der Waals surface area contributed by atoms with E-state index in [-0.39, 0.29) is 0 Å². The average molecular weight is 202 g/mol. The summed E-state index contributed by atoms with van der Waals surface area (Å²) in [4.78, 5) is 0. The number of nitrogens with one attached hydrogen (secondary N) is 1. The average Bonchev–Trinajstić information content (AvgIpc) is 2.28. The monoisotopic (exact) mass is 202 g/mol. The van der Waals surface area contributed by atoms with Gasteiger partial charge in [0.2, 0.25) is 0 Å². The minimum Gasteiger partial charge on any atom is -0.313 e. The Morgan fingerprint density at radius 1 is 1.33 bits per heavy atom. The molecule has 0 bridgehead atoms. The van der Waals surface area contributed by atoms with Crippen molar-refractivity contribution in [1.29, 1.82) is 5.26 Å². The lowest BCUT2D eigenvalue weighted by Crippen LogP contribution is -2.27. The molecule has 1 aromatic carbocycles. The summed E-state index contributed by atoms with van der Waals surface area (Å²) in [5.74, 6) is 0. The minimum absolute atomic E-state index is 0.485. The van der Waals surface area contributed by atoms with Gasteiger partial charge in [0, 0.05) is 19.0 Å². The summed E-state index contributed by atoms with van der Waals surface area (Å²) in [5, 5.41) is 11.7. The van der Waals surface area contributed by atoms with Crippen LogP contribution in [0.5, 0.6) is 0 Å². The normalized spacial score (nSPS) is 12.0. The molecule has 15 heavy (non-hydrogen) atoms. The van der Waals surface area contributed by atoms with Gasteiger partial charge in [-0.2, -0.15) is 5.26 Å². The molecule has 0 fully saturated rings. The van der Waals surface area contributed by atoms with Crippen molar-refractivity contribution in [2.24, 2.45) is 0 Å². The van der Waals surface area contributed by atoms with Crippen LogP contribution in [0.2, 0.25) is 0 Å². The lowest BCUT2D eigenvalue weighted by molar-refractivity contribution is 0.521. The number of rotatable bonds is 6. The maximum Gasteiger partial charge on any atom is 0.0635 e. The highest BCUT2D eigenvalue weighted by atomic mass is 14.9. The number of aryl methyl sites for hydroxylation is 1. The van der Waals surface area contributed by atoms with Crippen LogP contribution >= 0.6 is 0 Å². The second kappa shape index (κ2) is 7.03. The Labute approximate surface area is 91.9 Å². The maximum absolute atomic E-state index is 8.40. The molecule has 0 radical (unpaired) electrons. The van der Waals surface area contributed by atoms with Crippen molar-refractivity contribution < 1.29 is 0 Å². The van der Waals surface area contributed by atoms with E-state index in [0.717, 1.165) is 19.4 Å². The molecule has 0 unspecified atom stereocenters. The first-order valence-corrected chi connectivity index (χ1v) is 5.47. The van der Waals surface area contributed by atoms with Crippen LogP contribution in [0.25, 0.3) is 0 Å². The molecule has 0 aliphatic carbocycles. The topological polar surface area (TPSA) is 35.8 Å². The van der Waals surface area contributed by atoms with Crippen molar-refractivity contribution in [3.8, 4) is 6.07 Å². The van der Waals surface area contributed by atoms with Crippen molar-refractivity contribution in [3.05, 3.63) is 35.9 Å². The fourth-order valence-corrected chi connectivity index (χ4v) is 1.50. The van der Waals surface area contributed by atoms with Crippen LogP contribution < -0.4 is 5.32 Å². The number of hydrogen-bond donors (Lipinski definition) is 1. The van der Waals surface area contributed by atoms with Crippen LogP contribution in [0.4, 0.5) is 0 Å². The van der Waals surface area contributed by atoms with Crippen LogP contribution in [0.3, 0.4) is 0 Å². The molecule has 1 rings (SSSR count). The molecule has 2 nitrogen and oxygen atoms in total. The summed E-state index contributed by atoms with van der Waals surface area (Å²) in [6.45, 7) is 2.97. The van der Waals surface area contributed by atoms with Gasteiger partial charge in [0.05, 0.1) is 6.07 Å². The SMILES string of the molecule is C[C@H](CCc1ccccc1)NCCC#N. The molecule has 0 aliphatic heterocycles. The van der Waals surface area contributed by atoms with Gasteiger partial charge in [-0.15, -0.1) is 0 Å². The third-order valence-electron chi connectivity index (χ3n) is 2.44. The predicted molar refractivity (Wildman–Crippen MR) is 62.5 cm³/mol. The van der Waals surface area contributed by atoms with Crippen molar-refractivity contribution in [2.45, 2.75) is 32.2 Å². The van der Waals surface area contributed by atoms with E-state index >= 15 is 0 Å². The van der Waals surface area contributed by atoms with Crippen molar-refractivity contribution >= 4 is 0 Å². The van der Waals surface area contributed by atoms with Gasteiger partial charge in [-0.1, -0.05) is 30.3 Å². The van der Waals surface area contributed by atoms with Gasteiger partial charge >= 0.3 is 0 Å². The lowest BCUT2D eigenvalue weighted by atomic mass is 10.1. The molecule has 80 valence electrons. The zero-order valence-corrected chi connectivity index (χ0v) is 9.24. The highest BCUT2D eigenvalue weighted by Gasteiger charge is 2.00. The first-order chi connectivity index (χ1) is 7.33. The van der Waals surface area contributed by atoms with E-state index in [1.54, 1.807) is 0 Å². The Hall–Kier alpha value is -1.33. The molecule has 0 saturated heterocycles. The maximum atomic E-state index is 8.40. The first-order valence-electron chi connectivity index (χ1n) is 5.47. The molecule has 0 amide bonds. The molecule has 1 N–H and O–H groups in total. The first kappa shape index (κ1) is 11.7. The highest BCUT2D eigenvalue weighted by molar-refractivity contribution is 5.14. The number of hydrogen-bond acceptors (Lipinski definition) is 2. The number of benzene rings is 1. The molecular weight excluding hydrogens is 184 g/mol. The van der Waals surface area contributed by atoms with Gasteiger partial charge < -0.3 is 5.32 Å². The van der Waals surface area contributed by atoms with Gasteiger partial charge in [-0.05, 0) is 25.3 Å². The summed E-state index contributed by atoms with van der Waals surface area (Å²) in [5.41, 5.74) is 1.38. The molecular formula is C13H18N2. The number of nitriles is 1. The molecule has 0 aliphatic rings. The third-order valence-corrected chi connectivity index (χ3v) is 2.44. The summed E-state index contributed by atoms with van der Waals surface area (Å²) >= 11 is 0. The van der Waals surface area contributed by atoms with Gasteiger partial charge in [-0.25, -0.2) is 0 Å². The predicted octanol–water partition coefficient (Wildman–Crippen LogP) is 2.51. The molecule has 0 aromatic heterocycles. The van der Waals surface area contributed by atoms with Crippen LogP contribution in [0.1, 0.15) is 25.3 Å². The quantitative estimate of drug-likeness (QED) is 0.719. The Bertz CT molecular complexity index is 300. The summed E-state index contributed by atoms with van der Waals surface area (Å²) in [7, 11) is 0. The fourth-order valence-electron chi connectivity index (χ4n) is 1.50. The molecule has 0 saturated carbocycles. The van der Waals surface area contributed by atoms with Crippen LogP contribution in [0, 0.1) is 11.3 Å². The second-order valence-corrected chi connectivity index (χ2v) is 3.79. The molecule has 2 heteroatoms. The molecule has 1 atom stereocenters. The second-order valence-electron chi connectivity index (χ2n) is 3.79. The zero-order chi connectivity index (χ0) is 10.9. The standard InChI is InChI=1S/C13H18N2/c1-12(15-11-5-10-14)8-9-13-6-3-2-4-7-13/h2-4,6-7,12,15H,5,8-9,11H2,1H3/t12-/m1/s1. The van der Waals surface area contributed by atoms with E-state index in [2.05, 4.69) is 42.6 Å². The fraction of sp³-hybridized carbons (Fsp3) is 0.462. The van der Waals surface area contributed by atoms with Crippen molar-refractivity contribution in [2.75, 3.05) is 6.54 Å². The van der Waals surface area contributed by atoms with E-state index < -0.39 is 0 Å². The van der Waals surface area contributed by atoms with Crippen LogP contribution in [-0.2, 0) is 6.42 Å². The summed E-state index contributed by atoms with van der Waals surface area (Å²) in [6, 6.07) is 13.1. The molecule has 0 spiro atoms. The summed E-state index contributed by atoms with van der Waals surface area (Å²) in [6.07, 6.45) is 2.81. The van der Waals surface area contributed by atoms with Crippen LogP contribution in [0.15, 0.2) is 30.3 Å². The zero-order valence-electron chi connectivity index (χ0n) is 9.24. The Morgan fingerprint density at radius 3 is 2.73 bits per heavy atom.